The average molecular weight is 238 g/mol. The summed E-state index contributed by atoms with van der Waals surface area (Å²) >= 11 is 0. The molecule has 0 radical (unpaired) electrons. The Kier molecular flexibility index (Phi) is 5.93. The largest absolute Gasteiger partial charge is 0.508 e. The molecular formula is C13H18O4. The van der Waals surface area contributed by atoms with Gasteiger partial charge in [0.25, 0.3) is 0 Å². The Hall–Kier alpha value is -1.71. The summed E-state index contributed by atoms with van der Waals surface area (Å²) in [5.41, 5.74) is 0. The third kappa shape index (κ3) is 5.80. The highest BCUT2D eigenvalue weighted by molar-refractivity contribution is 5.68. The van der Waals surface area contributed by atoms with Crippen molar-refractivity contribution in [1.82, 2.24) is 0 Å². The normalized spacial score (nSPS) is 9.94. The molecule has 1 aromatic carbocycles. The van der Waals surface area contributed by atoms with Crippen molar-refractivity contribution in [2.75, 3.05) is 13.7 Å². The third-order valence-corrected chi connectivity index (χ3v) is 2.36. The van der Waals surface area contributed by atoms with Crippen LogP contribution in [0.15, 0.2) is 24.3 Å². The predicted octanol–water partition coefficient (Wildman–Crippen LogP) is 2.50. The molecule has 0 aliphatic heterocycles. The van der Waals surface area contributed by atoms with E-state index in [9.17, 15) is 4.79 Å². The number of aromatic hydroxyl groups is 1. The van der Waals surface area contributed by atoms with Gasteiger partial charge in [0.15, 0.2) is 0 Å². The number of unbranched alkanes of at least 4 members (excludes halogenated alkanes) is 2. The van der Waals surface area contributed by atoms with Crippen molar-refractivity contribution in [2.45, 2.75) is 25.7 Å². The number of carbonyl (C=O) groups excluding carboxylic acids is 1. The van der Waals surface area contributed by atoms with E-state index in [1.807, 2.05) is 0 Å². The van der Waals surface area contributed by atoms with Gasteiger partial charge < -0.3 is 14.6 Å². The summed E-state index contributed by atoms with van der Waals surface area (Å²) in [7, 11) is 1.40. The van der Waals surface area contributed by atoms with Crippen LogP contribution in [0.3, 0.4) is 0 Å². The molecule has 0 bridgehead atoms. The van der Waals surface area contributed by atoms with Crippen LogP contribution in [0.2, 0.25) is 0 Å². The maximum atomic E-state index is 10.8. The molecule has 0 aliphatic rings. The van der Waals surface area contributed by atoms with Crippen LogP contribution in [0.5, 0.6) is 11.5 Å². The van der Waals surface area contributed by atoms with Gasteiger partial charge in [-0.05, 0) is 43.5 Å². The number of ether oxygens (including phenoxy) is 2. The number of phenolic OH excluding ortho intramolecular Hbond substituents is 1. The zero-order chi connectivity index (χ0) is 12.5. The van der Waals surface area contributed by atoms with E-state index in [1.165, 1.54) is 7.11 Å². The van der Waals surface area contributed by atoms with Crippen LogP contribution in [-0.4, -0.2) is 24.8 Å². The SMILES string of the molecule is COC(=O)CCCCCOc1ccc(O)cc1. The van der Waals surface area contributed by atoms with Crippen molar-refractivity contribution in [3.8, 4) is 11.5 Å². The van der Waals surface area contributed by atoms with E-state index in [2.05, 4.69) is 4.74 Å². The smallest absolute Gasteiger partial charge is 0.305 e. The van der Waals surface area contributed by atoms with Crippen LogP contribution < -0.4 is 4.74 Å². The van der Waals surface area contributed by atoms with Crippen LogP contribution in [0.1, 0.15) is 25.7 Å². The Morgan fingerprint density at radius 1 is 1.18 bits per heavy atom. The van der Waals surface area contributed by atoms with Gasteiger partial charge in [0, 0.05) is 6.42 Å². The van der Waals surface area contributed by atoms with Gasteiger partial charge in [-0.15, -0.1) is 0 Å². The summed E-state index contributed by atoms with van der Waals surface area (Å²) in [4.78, 5) is 10.8. The molecule has 0 atom stereocenters. The van der Waals surface area contributed by atoms with Crippen molar-refractivity contribution in [3.05, 3.63) is 24.3 Å². The molecule has 0 amide bonds. The number of methoxy groups -OCH3 is 1. The van der Waals surface area contributed by atoms with E-state index in [4.69, 9.17) is 9.84 Å². The highest BCUT2D eigenvalue weighted by Gasteiger charge is 1.99. The topological polar surface area (TPSA) is 55.8 Å². The van der Waals surface area contributed by atoms with E-state index in [0.29, 0.717) is 13.0 Å². The number of hydrogen-bond acceptors (Lipinski definition) is 4. The van der Waals surface area contributed by atoms with E-state index in [1.54, 1.807) is 24.3 Å². The molecule has 0 fully saturated rings. The maximum absolute atomic E-state index is 10.8. The first-order valence-corrected chi connectivity index (χ1v) is 5.71. The number of carbonyl (C=O) groups is 1. The summed E-state index contributed by atoms with van der Waals surface area (Å²) in [5, 5.41) is 9.07. The quantitative estimate of drug-likeness (QED) is 0.585. The van der Waals surface area contributed by atoms with E-state index < -0.39 is 0 Å². The van der Waals surface area contributed by atoms with Crippen molar-refractivity contribution in [1.29, 1.82) is 0 Å². The monoisotopic (exact) mass is 238 g/mol. The summed E-state index contributed by atoms with van der Waals surface area (Å²) < 4.78 is 10.0. The average Bonchev–Trinajstić information content (AvgIpc) is 2.35. The molecule has 1 aromatic rings. The van der Waals surface area contributed by atoms with Crippen LogP contribution in [0.25, 0.3) is 0 Å². The molecule has 1 N–H and O–H groups in total. The first kappa shape index (κ1) is 13.4. The second kappa shape index (κ2) is 7.54. The molecule has 17 heavy (non-hydrogen) atoms. The van der Waals surface area contributed by atoms with E-state index in [-0.39, 0.29) is 11.7 Å². The molecule has 0 heterocycles. The zero-order valence-corrected chi connectivity index (χ0v) is 10.0. The lowest BCUT2D eigenvalue weighted by Gasteiger charge is -2.05. The van der Waals surface area contributed by atoms with Crippen molar-refractivity contribution < 1.29 is 19.4 Å². The molecule has 0 spiro atoms. The van der Waals surface area contributed by atoms with Gasteiger partial charge in [0.05, 0.1) is 13.7 Å². The van der Waals surface area contributed by atoms with Gasteiger partial charge in [-0.2, -0.15) is 0 Å². The molecule has 94 valence electrons. The molecule has 0 aliphatic carbocycles. The fourth-order valence-corrected chi connectivity index (χ4v) is 1.38. The van der Waals surface area contributed by atoms with Crippen LogP contribution in [-0.2, 0) is 9.53 Å². The number of benzene rings is 1. The van der Waals surface area contributed by atoms with Crippen molar-refractivity contribution in [3.63, 3.8) is 0 Å². The lowest BCUT2D eigenvalue weighted by molar-refractivity contribution is -0.140. The number of esters is 1. The minimum absolute atomic E-state index is 0.163. The maximum Gasteiger partial charge on any atom is 0.305 e. The van der Waals surface area contributed by atoms with E-state index >= 15 is 0 Å². The molecular weight excluding hydrogens is 220 g/mol. The van der Waals surface area contributed by atoms with Crippen molar-refractivity contribution >= 4 is 5.97 Å². The fourth-order valence-electron chi connectivity index (χ4n) is 1.38. The Morgan fingerprint density at radius 3 is 2.53 bits per heavy atom. The number of phenols is 1. The molecule has 0 unspecified atom stereocenters. The third-order valence-electron chi connectivity index (χ3n) is 2.36. The second-order valence-corrected chi connectivity index (χ2v) is 3.73. The highest BCUT2D eigenvalue weighted by atomic mass is 16.5. The van der Waals surface area contributed by atoms with Gasteiger partial charge in [0.1, 0.15) is 11.5 Å². The Labute approximate surface area is 101 Å². The summed E-state index contributed by atoms with van der Waals surface area (Å²) in [6.45, 7) is 0.617. The summed E-state index contributed by atoms with van der Waals surface area (Å²) in [6.07, 6.45) is 3.13. The van der Waals surface area contributed by atoms with Gasteiger partial charge in [-0.25, -0.2) is 0 Å². The first-order valence-electron chi connectivity index (χ1n) is 5.71. The Morgan fingerprint density at radius 2 is 1.88 bits per heavy atom. The highest BCUT2D eigenvalue weighted by Crippen LogP contribution is 2.16. The minimum Gasteiger partial charge on any atom is -0.508 e. The zero-order valence-electron chi connectivity index (χ0n) is 10.0. The van der Waals surface area contributed by atoms with Gasteiger partial charge in [-0.3, -0.25) is 4.79 Å². The number of rotatable bonds is 7. The van der Waals surface area contributed by atoms with Crippen LogP contribution in [0.4, 0.5) is 0 Å². The molecule has 0 saturated heterocycles. The Bertz CT molecular complexity index is 332. The lowest BCUT2D eigenvalue weighted by atomic mass is 10.2. The molecule has 0 aromatic heterocycles. The standard InChI is InChI=1S/C13H18O4/c1-16-13(15)5-3-2-4-10-17-12-8-6-11(14)7-9-12/h6-9,14H,2-5,10H2,1H3. The molecule has 0 saturated carbocycles. The Balaban J connectivity index is 2.04. The summed E-state index contributed by atoms with van der Waals surface area (Å²) in [6, 6.07) is 6.63. The van der Waals surface area contributed by atoms with Gasteiger partial charge in [-0.1, -0.05) is 0 Å². The minimum atomic E-state index is -0.163. The fraction of sp³-hybridized carbons (Fsp3) is 0.462. The molecule has 4 heteroatoms. The molecule has 1 rings (SSSR count). The van der Waals surface area contributed by atoms with E-state index in [0.717, 1.165) is 25.0 Å². The summed E-state index contributed by atoms with van der Waals surface area (Å²) in [5.74, 6) is 0.815. The second-order valence-electron chi connectivity index (χ2n) is 3.73. The van der Waals surface area contributed by atoms with Crippen LogP contribution >= 0.6 is 0 Å². The van der Waals surface area contributed by atoms with Gasteiger partial charge >= 0.3 is 5.97 Å². The lowest BCUT2D eigenvalue weighted by Crippen LogP contribution is -2.01. The predicted molar refractivity (Wildman–Crippen MR) is 64.1 cm³/mol. The first-order chi connectivity index (χ1) is 8.22. The number of hydrogen-bond donors (Lipinski definition) is 1. The van der Waals surface area contributed by atoms with Gasteiger partial charge in [0.2, 0.25) is 0 Å². The molecule has 4 nitrogen and oxygen atoms in total. The van der Waals surface area contributed by atoms with Crippen LogP contribution in [0, 0.1) is 0 Å². The van der Waals surface area contributed by atoms with Crippen molar-refractivity contribution in [2.24, 2.45) is 0 Å².